The lowest BCUT2D eigenvalue weighted by molar-refractivity contribution is 0.354. The third-order valence-corrected chi connectivity index (χ3v) is 2.99. The fourth-order valence-electron chi connectivity index (χ4n) is 2.15. The highest BCUT2D eigenvalue weighted by atomic mass is 15.1. The Labute approximate surface area is 102 Å². The molecule has 0 fully saturated rings. The van der Waals surface area contributed by atoms with Crippen LogP contribution in [-0.4, -0.2) is 37.6 Å². The van der Waals surface area contributed by atoms with Gasteiger partial charge in [-0.15, -0.1) is 0 Å². The normalized spacial score (nSPS) is 13.2. The molecular weight excluding hydrogens is 210 g/mol. The van der Waals surface area contributed by atoms with E-state index in [9.17, 15) is 0 Å². The largest absolute Gasteiger partial charge is 0.312 e. The van der Waals surface area contributed by atoms with Crippen molar-refractivity contribution in [3.05, 3.63) is 42.2 Å². The molecule has 0 saturated carbocycles. The zero-order valence-corrected chi connectivity index (χ0v) is 10.6. The van der Waals surface area contributed by atoms with Gasteiger partial charge in [0.05, 0.1) is 0 Å². The highest BCUT2D eigenvalue weighted by Crippen LogP contribution is 2.23. The van der Waals surface area contributed by atoms with Crippen molar-refractivity contribution in [1.82, 2.24) is 15.2 Å². The Morgan fingerprint density at radius 2 is 2.12 bits per heavy atom. The van der Waals surface area contributed by atoms with Crippen LogP contribution in [0.2, 0.25) is 0 Å². The van der Waals surface area contributed by atoms with Crippen molar-refractivity contribution < 1.29 is 0 Å². The molecule has 0 amide bonds. The van der Waals surface area contributed by atoms with Gasteiger partial charge in [0.2, 0.25) is 0 Å². The van der Waals surface area contributed by atoms with Crippen LogP contribution in [0.5, 0.6) is 0 Å². The van der Waals surface area contributed by atoms with Crippen LogP contribution in [0, 0.1) is 0 Å². The van der Waals surface area contributed by atoms with Gasteiger partial charge in [-0.05, 0) is 38.2 Å². The molecule has 0 radical (unpaired) electrons. The molecule has 0 spiro atoms. The van der Waals surface area contributed by atoms with Gasteiger partial charge in [-0.25, -0.2) is 0 Å². The standard InChI is InChI=1S/C14H19N3/c1-15-14(10-17(2)3)12-6-4-5-11-7-8-16-9-13(11)12/h4-9,14-15H,10H2,1-3H3. The molecular formula is C14H19N3. The smallest absolute Gasteiger partial charge is 0.0453 e. The van der Waals surface area contributed by atoms with E-state index in [1.54, 1.807) is 0 Å². The number of nitrogens with one attached hydrogen (secondary N) is 1. The summed E-state index contributed by atoms with van der Waals surface area (Å²) in [7, 11) is 6.19. The first-order valence-corrected chi connectivity index (χ1v) is 5.87. The van der Waals surface area contributed by atoms with Crippen molar-refractivity contribution in [3.63, 3.8) is 0 Å². The van der Waals surface area contributed by atoms with Gasteiger partial charge in [0, 0.05) is 30.4 Å². The Morgan fingerprint density at radius 3 is 2.82 bits per heavy atom. The van der Waals surface area contributed by atoms with Gasteiger partial charge in [-0.1, -0.05) is 18.2 Å². The minimum absolute atomic E-state index is 0.331. The number of likely N-dealkylation sites (N-methyl/N-ethyl adjacent to an activating group) is 2. The van der Waals surface area contributed by atoms with E-state index in [-0.39, 0.29) is 0 Å². The average Bonchev–Trinajstić information content (AvgIpc) is 2.35. The number of nitrogens with zero attached hydrogens (tertiary/aromatic N) is 2. The lowest BCUT2D eigenvalue weighted by atomic mass is 10.00. The number of rotatable bonds is 4. The van der Waals surface area contributed by atoms with Crippen molar-refractivity contribution in [2.75, 3.05) is 27.7 Å². The fourth-order valence-corrected chi connectivity index (χ4v) is 2.15. The fraction of sp³-hybridized carbons (Fsp3) is 0.357. The predicted octanol–water partition coefficient (Wildman–Crippen LogP) is 2.06. The quantitative estimate of drug-likeness (QED) is 0.869. The Balaban J connectivity index is 2.46. The third kappa shape index (κ3) is 2.62. The van der Waals surface area contributed by atoms with Crippen LogP contribution in [0.25, 0.3) is 10.8 Å². The average molecular weight is 229 g/mol. The summed E-state index contributed by atoms with van der Waals surface area (Å²) in [6.45, 7) is 0.977. The molecule has 0 aliphatic carbocycles. The summed E-state index contributed by atoms with van der Waals surface area (Å²) in [6, 6.07) is 8.80. The van der Waals surface area contributed by atoms with E-state index < -0.39 is 0 Å². The van der Waals surface area contributed by atoms with Crippen molar-refractivity contribution in [2.45, 2.75) is 6.04 Å². The zero-order chi connectivity index (χ0) is 12.3. The third-order valence-electron chi connectivity index (χ3n) is 2.99. The molecule has 0 saturated heterocycles. The number of fused-ring (bicyclic) bond motifs is 1. The molecule has 3 nitrogen and oxygen atoms in total. The number of aromatic nitrogens is 1. The maximum atomic E-state index is 4.23. The first-order valence-electron chi connectivity index (χ1n) is 5.87. The molecule has 1 N–H and O–H groups in total. The molecule has 1 aromatic heterocycles. The number of hydrogen-bond donors (Lipinski definition) is 1. The summed E-state index contributed by atoms with van der Waals surface area (Å²) >= 11 is 0. The highest BCUT2D eigenvalue weighted by molar-refractivity contribution is 5.85. The van der Waals surface area contributed by atoms with E-state index in [0.29, 0.717) is 6.04 Å². The van der Waals surface area contributed by atoms with Crippen LogP contribution in [-0.2, 0) is 0 Å². The Kier molecular flexibility index (Phi) is 3.71. The van der Waals surface area contributed by atoms with Gasteiger partial charge < -0.3 is 10.2 Å². The van der Waals surface area contributed by atoms with Crippen LogP contribution in [0.1, 0.15) is 11.6 Å². The molecule has 0 aliphatic rings. The van der Waals surface area contributed by atoms with Crippen LogP contribution in [0.4, 0.5) is 0 Å². The first-order chi connectivity index (χ1) is 8.22. The molecule has 3 heteroatoms. The lowest BCUT2D eigenvalue weighted by Gasteiger charge is -2.22. The molecule has 17 heavy (non-hydrogen) atoms. The Morgan fingerprint density at radius 1 is 1.29 bits per heavy atom. The summed E-state index contributed by atoms with van der Waals surface area (Å²) < 4.78 is 0. The molecule has 1 aromatic carbocycles. The number of benzene rings is 1. The second-order valence-electron chi connectivity index (χ2n) is 4.55. The minimum Gasteiger partial charge on any atom is -0.312 e. The summed E-state index contributed by atoms with van der Waals surface area (Å²) in [5.74, 6) is 0. The predicted molar refractivity (Wildman–Crippen MR) is 72.1 cm³/mol. The summed E-state index contributed by atoms with van der Waals surface area (Å²) in [5, 5.41) is 5.85. The summed E-state index contributed by atoms with van der Waals surface area (Å²) in [5.41, 5.74) is 1.31. The van der Waals surface area contributed by atoms with Crippen LogP contribution >= 0.6 is 0 Å². The molecule has 1 heterocycles. The van der Waals surface area contributed by atoms with Crippen LogP contribution in [0.3, 0.4) is 0 Å². The molecule has 2 rings (SSSR count). The van der Waals surface area contributed by atoms with Gasteiger partial charge in [0.25, 0.3) is 0 Å². The van der Waals surface area contributed by atoms with Crippen LogP contribution in [0.15, 0.2) is 36.7 Å². The highest BCUT2D eigenvalue weighted by Gasteiger charge is 2.12. The number of hydrogen-bond acceptors (Lipinski definition) is 3. The maximum absolute atomic E-state index is 4.23. The monoisotopic (exact) mass is 229 g/mol. The van der Waals surface area contributed by atoms with Gasteiger partial charge in [-0.2, -0.15) is 0 Å². The van der Waals surface area contributed by atoms with Crippen molar-refractivity contribution in [3.8, 4) is 0 Å². The van der Waals surface area contributed by atoms with E-state index in [1.165, 1.54) is 16.3 Å². The van der Waals surface area contributed by atoms with E-state index in [0.717, 1.165) is 6.54 Å². The molecule has 1 unspecified atom stereocenters. The van der Waals surface area contributed by atoms with E-state index in [4.69, 9.17) is 0 Å². The topological polar surface area (TPSA) is 28.2 Å². The first kappa shape index (κ1) is 12.0. The molecule has 1 atom stereocenters. The lowest BCUT2D eigenvalue weighted by Crippen LogP contribution is -2.28. The van der Waals surface area contributed by atoms with E-state index in [1.807, 2.05) is 19.4 Å². The van der Waals surface area contributed by atoms with Crippen molar-refractivity contribution >= 4 is 10.8 Å². The van der Waals surface area contributed by atoms with E-state index >= 15 is 0 Å². The van der Waals surface area contributed by atoms with Gasteiger partial charge in [-0.3, -0.25) is 4.98 Å². The molecule has 0 bridgehead atoms. The zero-order valence-electron chi connectivity index (χ0n) is 10.6. The van der Waals surface area contributed by atoms with Crippen molar-refractivity contribution in [2.24, 2.45) is 0 Å². The van der Waals surface area contributed by atoms with E-state index in [2.05, 4.69) is 53.6 Å². The second kappa shape index (κ2) is 5.25. The van der Waals surface area contributed by atoms with Gasteiger partial charge >= 0.3 is 0 Å². The van der Waals surface area contributed by atoms with Crippen LogP contribution < -0.4 is 5.32 Å². The van der Waals surface area contributed by atoms with Crippen molar-refractivity contribution in [1.29, 1.82) is 0 Å². The maximum Gasteiger partial charge on any atom is 0.0453 e. The summed E-state index contributed by atoms with van der Waals surface area (Å²) in [6.07, 6.45) is 3.79. The SMILES string of the molecule is CNC(CN(C)C)c1cccc2ccncc12. The minimum atomic E-state index is 0.331. The van der Waals surface area contributed by atoms with Gasteiger partial charge in [0.1, 0.15) is 0 Å². The molecule has 2 aromatic rings. The second-order valence-corrected chi connectivity index (χ2v) is 4.55. The Hall–Kier alpha value is -1.45. The molecule has 90 valence electrons. The Bertz CT molecular complexity index is 488. The summed E-state index contributed by atoms with van der Waals surface area (Å²) in [4.78, 5) is 6.42. The molecule has 0 aliphatic heterocycles. The number of pyridine rings is 1. The van der Waals surface area contributed by atoms with Gasteiger partial charge in [0.15, 0.2) is 0 Å².